The van der Waals surface area contributed by atoms with Crippen LogP contribution in [0.5, 0.6) is 0 Å². The highest BCUT2D eigenvalue weighted by molar-refractivity contribution is 5.66. The molecule has 5 nitrogen and oxygen atoms in total. The second-order valence-corrected chi connectivity index (χ2v) is 4.78. The van der Waals surface area contributed by atoms with Gasteiger partial charge in [-0.05, 0) is 26.4 Å². The Labute approximate surface area is 101 Å². The Bertz CT molecular complexity index is 389. The highest BCUT2D eigenvalue weighted by Gasteiger charge is 2.22. The van der Waals surface area contributed by atoms with E-state index in [1.807, 2.05) is 6.20 Å². The molecule has 94 valence electrons. The molecule has 1 aliphatic heterocycles. The van der Waals surface area contributed by atoms with Gasteiger partial charge in [-0.1, -0.05) is 0 Å². The monoisotopic (exact) mass is 237 g/mol. The standard InChI is InChI=1S/C12H19N3O2/c1-15-6-5-9(8-15)10-7-13-11(14-10)3-2-4-12(16)17/h7,9H,2-6,8H2,1H3,(H,13,14)(H,16,17). The van der Waals surface area contributed by atoms with Gasteiger partial charge < -0.3 is 15.0 Å². The molecule has 0 radical (unpaired) electrons. The van der Waals surface area contributed by atoms with Crippen LogP contribution in [0.1, 0.15) is 36.7 Å². The van der Waals surface area contributed by atoms with Crippen LogP contribution in [0, 0.1) is 0 Å². The second-order valence-electron chi connectivity index (χ2n) is 4.78. The Hall–Kier alpha value is -1.36. The third-order valence-corrected chi connectivity index (χ3v) is 3.28. The topological polar surface area (TPSA) is 69.2 Å². The number of aliphatic carboxylic acids is 1. The molecule has 0 aliphatic carbocycles. The van der Waals surface area contributed by atoms with Crippen LogP contribution in [0.25, 0.3) is 0 Å². The summed E-state index contributed by atoms with van der Waals surface area (Å²) in [5.41, 5.74) is 1.19. The average molecular weight is 237 g/mol. The van der Waals surface area contributed by atoms with E-state index in [9.17, 15) is 4.79 Å². The third-order valence-electron chi connectivity index (χ3n) is 3.28. The lowest BCUT2D eigenvalue weighted by Crippen LogP contribution is -2.13. The van der Waals surface area contributed by atoms with Crippen molar-refractivity contribution in [2.75, 3.05) is 20.1 Å². The fourth-order valence-electron chi connectivity index (χ4n) is 2.31. The van der Waals surface area contributed by atoms with E-state index in [1.54, 1.807) is 0 Å². The number of nitrogens with zero attached hydrogens (tertiary/aromatic N) is 2. The maximum Gasteiger partial charge on any atom is 0.303 e. The van der Waals surface area contributed by atoms with Gasteiger partial charge in [-0.25, -0.2) is 4.98 Å². The SMILES string of the molecule is CN1CCC(c2cnc(CCCC(=O)O)[nH]2)C1. The first-order chi connectivity index (χ1) is 8.15. The zero-order valence-corrected chi connectivity index (χ0v) is 10.1. The summed E-state index contributed by atoms with van der Waals surface area (Å²) < 4.78 is 0. The zero-order valence-electron chi connectivity index (χ0n) is 10.1. The number of imidazole rings is 1. The molecule has 1 aromatic rings. The van der Waals surface area contributed by atoms with Crippen LogP contribution in [0.3, 0.4) is 0 Å². The van der Waals surface area contributed by atoms with E-state index in [0.717, 1.165) is 25.3 Å². The van der Waals surface area contributed by atoms with Crippen LogP contribution >= 0.6 is 0 Å². The molecular formula is C12H19N3O2. The van der Waals surface area contributed by atoms with Crippen molar-refractivity contribution in [3.8, 4) is 0 Å². The van der Waals surface area contributed by atoms with E-state index in [-0.39, 0.29) is 6.42 Å². The normalized spacial score (nSPS) is 20.9. The van der Waals surface area contributed by atoms with Gasteiger partial charge in [-0.2, -0.15) is 0 Å². The number of carboxylic acid groups (broad SMARTS) is 1. The van der Waals surface area contributed by atoms with Gasteiger partial charge in [-0.3, -0.25) is 4.79 Å². The summed E-state index contributed by atoms with van der Waals surface area (Å²) >= 11 is 0. The molecule has 1 aromatic heterocycles. The molecule has 0 spiro atoms. The predicted octanol–water partition coefficient (Wildman–Crippen LogP) is 1.24. The molecule has 5 heteroatoms. The summed E-state index contributed by atoms with van der Waals surface area (Å²) in [5, 5.41) is 8.56. The minimum atomic E-state index is -0.741. The number of rotatable bonds is 5. The van der Waals surface area contributed by atoms with Gasteiger partial charge in [0.25, 0.3) is 0 Å². The summed E-state index contributed by atoms with van der Waals surface area (Å²) in [5.74, 6) is 0.728. The number of aromatic amines is 1. The van der Waals surface area contributed by atoms with Gasteiger partial charge >= 0.3 is 5.97 Å². The first-order valence-corrected chi connectivity index (χ1v) is 6.09. The molecule has 1 aliphatic rings. The highest BCUT2D eigenvalue weighted by atomic mass is 16.4. The maximum atomic E-state index is 10.4. The molecule has 2 heterocycles. The first-order valence-electron chi connectivity index (χ1n) is 6.09. The van der Waals surface area contributed by atoms with Crippen molar-refractivity contribution in [1.29, 1.82) is 0 Å². The van der Waals surface area contributed by atoms with E-state index >= 15 is 0 Å². The molecular weight excluding hydrogens is 218 g/mol. The summed E-state index contributed by atoms with van der Waals surface area (Å²) in [6, 6.07) is 0. The number of H-pyrrole nitrogens is 1. The number of carboxylic acids is 1. The van der Waals surface area contributed by atoms with Crippen LogP contribution in [0.2, 0.25) is 0 Å². The van der Waals surface area contributed by atoms with E-state index < -0.39 is 5.97 Å². The van der Waals surface area contributed by atoms with Crippen molar-refractivity contribution in [3.05, 3.63) is 17.7 Å². The van der Waals surface area contributed by atoms with Gasteiger partial charge in [0.15, 0.2) is 0 Å². The first kappa shape index (κ1) is 12.1. The number of hydrogen-bond acceptors (Lipinski definition) is 3. The lowest BCUT2D eigenvalue weighted by molar-refractivity contribution is -0.137. The molecule has 1 unspecified atom stereocenters. The van der Waals surface area contributed by atoms with E-state index in [0.29, 0.717) is 12.3 Å². The number of carbonyl (C=O) groups is 1. The quantitative estimate of drug-likeness (QED) is 0.808. The molecule has 1 atom stereocenters. The van der Waals surface area contributed by atoms with Gasteiger partial charge in [0.05, 0.1) is 0 Å². The highest BCUT2D eigenvalue weighted by Crippen LogP contribution is 2.24. The van der Waals surface area contributed by atoms with E-state index in [1.165, 1.54) is 12.1 Å². The number of aryl methyl sites for hydroxylation is 1. The lowest BCUT2D eigenvalue weighted by Gasteiger charge is -2.07. The zero-order chi connectivity index (χ0) is 12.3. The van der Waals surface area contributed by atoms with Crippen LogP contribution in [0.15, 0.2) is 6.20 Å². The number of likely N-dealkylation sites (N-methyl/N-ethyl adjacent to an activating group) is 1. The molecule has 1 saturated heterocycles. The molecule has 17 heavy (non-hydrogen) atoms. The Morgan fingerprint density at radius 2 is 2.53 bits per heavy atom. The van der Waals surface area contributed by atoms with Gasteiger partial charge in [0.1, 0.15) is 5.82 Å². The summed E-state index contributed by atoms with van der Waals surface area (Å²) in [7, 11) is 2.13. The van der Waals surface area contributed by atoms with Crippen LogP contribution in [-0.2, 0) is 11.2 Å². The maximum absolute atomic E-state index is 10.4. The van der Waals surface area contributed by atoms with Crippen molar-refractivity contribution in [1.82, 2.24) is 14.9 Å². The largest absolute Gasteiger partial charge is 0.481 e. The molecule has 1 fully saturated rings. The van der Waals surface area contributed by atoms with E-state index in [4.69, 9.17) is 5.11 Å². The molecule has 2 N–H and O–H groups in total. The lowest BCUT2D eigenvalue weighted by atomic mass is 10.1. The number of likely N-dealkylation sites (tertiary alicyclic amines) is 1. The molecule has 0 bridgehead atoms. The van der Waals surface area contributed by atoms with Crippen molar-refractivity contribution < 1.29 is 9.90 Å². The Morgan fingerprint density at radius 1 is 1.71 bits per heavy atom. The fourth-order valence-corrected chi connectivity index (χ4v) is 2.31. The predicted molar refractivity (Wildman–Crippen MR) is 64.0 cm³/mol. The van der Waals surface area contributed by atoms with Crippen LogP contribution < -0.4 is 0 Å². The van der Waals surface area contributed by atoms with Crippen molar-refractivity contribution in [3.63, 3.8) is 0 Å². The van der Waals surface area contributed by atoms with Crippen LogP contribution in [0.4, 0.5) is 0 Å². The van der Waals surface area contributed by atoms with Gasteiger partial charge in [-0.15, -0.1) is 0 Å². The molecule has 0 amide bonds. The average Bonchev–Trinajstić information content (AvgIpc) is 2.86. The van der Waals surface area contributed by atoms with E-state index in [2.05, 4.69) is 21.9 Å². The minimum Gasteiger partial charge on any atom is -0.481 e. The van der Waals surface area contributed by atoms with Crippen molar-refractivity contribution in [2.24, 2.45) is 0 Å². The molecule has 0 aromatic carbocycles. The van der Waals surface area contributed by atoms with Crippen LogP contribution in [-0.4, -0.2) is 46.1 Å². The number of nitrogens with one attached hydrogen (secondary N) is 1. The van der Waals surface area contributed by atoms with Gasteiger partial charge in [0.2, 0.25) is 0 Å². The van der Waals surface area contributed by atoms with Gasteiger partial charge in [0, 0.05) is 37.2 Å². The van der Waals surface area contributed by atoms with Crippen molar-refractivity contribution >= 4 is 5.97 Å². The molecule has 0 saturated carbocycles. The van der Waals surface area contributed by atoms with Crippen molar-refractivity contribution in [2.45, 2.75) is 31.6 Å². The minimum absolute atomic E-state index is 0.211. The fraction of sp³-hybridized carbons (Fsp3) is 0.667. The second kappa shape index (κ2) is 5.31. The summed E-state index contributed by atoms with van der Waals surface area (Å²) in [4.78, 5) is 20.4. The third kappa shape index (κ3) is 3.30. The molecule has 2 rings (SSSR count). The smallest absolute Gasteiger partial charge is 0.303 e. The Balaban J connectivity index is 1.85. The Morgan fingerprint density at radius 3 is 3.18 bits per heavy atom. The Kier molecular flexibility index (Phi) is 3.78. The summed E-state index contributed by atoms with van der Waals surface area (Å²) in [6.45, 7) is 2.22. The summed E-state index contributed by atoms with van der Waals surface area (Å²) in [6.07, 6.45) is 4.65. The number of hydrogen-bond donors (Lipinski definition) is 2. The number of aromatic nitrogens is 2.